The molecule has 1 N–H and O–H groups in total. The fourth-order valence-electron chi connectivity index (χ4n) is 3.69. The third-order valence-corrected chi connectivity index (χ3v) is 5.45. The highest BCUT2D eigenvalue weighted by molar-refractivity contribution is 5.98. The molecule has 1 heterocycles. The molecular weight excluding hydrogens is 374 g/mol. The van der Waals surface area contributed by atoms with Gasteiger partial charge in [0.05, 0.1) is 19.6 Å². The summed E-state index contributed by atoms with van der Waals surface area (Å²) in [6.07, 6.45) is 5.10. The number of esters is 1. The Balaban J connectivity index is 1.40. The Morgan fingerprint density at radius 1 is 1.03 bits per heavy atom. The molecule has 3 rings (SSSR count). The summed E-state index contributed by atoms with van der Waals surface area (Å²) in [6.45, 7) is 2.94. The van der Waals surface area contributed by atoms with Crippen molar-refractivity contribution in [3.8, 4) is 11.5 Å². The summed E-state index contributed by atoms with van der Waals surface area (Å²) in [4.78, 5) is 36.3. The van der Waals surface area contributed by atoms with Gasteiger partial charge in [0.15, 0.2) is 23.9 Å². The average Bonchev–Trinajstić information content (AvgIpc) is 2.97. The molecule has 0 unspecified atom stereocenters. The van der Waals surface area contributed by atoms with E-state index in [9.17, 15) is 14.4 Å². The molecule has 0 saturated heterocycles. The zero-order valence-corrected chi connectivity index (χ0v) is 16.9. The first-order chi connectivity index (χ1) is 14.0. The van der Waals surface area contributed by atoms with Gasteiger partial charge in [-0.2, -0.15) is 0 Å². The minimum Gasteiger partial charge on any atom is -0.490 e. The number of Topliss-reactive ketones (excluding diaryl/α,β-unsaturated/α-hetero) is 1. The van der Waals surface area contributed by atoms with Crippen molar-refractivity contribution in [3.05, 3.63) is 23.8 Å². The van der Waals surface area contributed by atoms with Crippen molar-refractivity contribution in [1.29, 1.82) is 0 Å². The Hall–Kier alpha value is -2.57. The van der Waals surface area contributed by atoms with E-state index in [1.54, 1.807) is 18.2 Å². The van der Waals surface area contributed by atoms with Crippen LogP contribution in [0.3, 0.4) is 0 Å². The predicted molar refractivity (Wildman–Crippen MR) is 106 cm³/mol. The Morgan fingerprint density at radius 3 is 2.59 bits per heavy atom. The minimum absolute atomic E-state index is 0.0136. The molecule has 1 aliphatic heterocycles. The summed E-state index contributed by atoms with van der Waals surface area (Å²) in [5.74, 6) is 0.585. The minimum atomic E-state index is -0.556. The van der Waals surface area contributed by atoms with Gasteiger partial charge in [0, 0.05) is 24.4 Å². The lowest BCUT2D eigenvalue weighted by Crippen LogP contribution is -2.42. The SMILES string of the molecule is C[C@@H]1CCCC[C@H]1NC(=O)COC(=O)CCC(=O)c1ccc2c(c1)OCCCO2. The highest BCUT2D eigenvalue weighted by atomic mass is 16.5. The van der Waals surface area contributed by atoms with E-state index in [1.807, 2.05) is 0 Å². The largest absolute Gasteiger partial charge is 0.490 e. The number of carbonyl (C=O) groups excluding carboxylic acids is 3. The van der Waals surface area contributed by atoms with E-state index in [-0.39, 0.29) is 37.2 Å². The molecule has 1 amide bonds. The summed E-state index contributed by atoms with van der Waals surface area (Å²) in [7, 11) is 0. The topological polar surface area (TPSA) is 90.9 Å². The van der Waals surface area contributed by atoms with Crippen LogP contribution in [0.4, 0.5) is 0 Å². The fraction of sp³-hybridized carbons (Fsp3) is 0.591. The zero-order valence-electron chi connectivity index (χ0n) is 16.9. The molecule has 158 valence electrons. The smallest absolute Gasteiger partial charge is 0.306 e. The average molecular weight is 403 g/mol. The standard InChI is InChI=1S/C22H29NO6/c1-15-5-2-3-6-17(15)23-21(25)14-29-22(26)10-8-18(24)16-7-9-19-20(13-16)28-12-4-11-27-19/h7,9,13,15,17H,2-6,8,10-12,14H2,1H3,(H,23,25)/t15-,17-/m1/s1. The maximum Gasteiger partial charge on any atom is 0.306 e. The Kier molecular flexibility index (Phi) is 7.49. The third kappa shape index (κ3) is 6.21. The monoisotopic (exact) mass is 403 g/mol. The summed E-state index contributed by atoms with van der Waals surface area (Å²) >= 11 is 0. The van der Waals surface area contributed by atoms with Crippen LogP contribution in [0.1, 0.15) is 62.2 Å². The molecule has 1 aromatic carbocycles. The van der Waals surface area contributed by atoms with Crippen molar-refractivity contribution in [2.75, 3.05) is 19.8 Å². The van der Waals surface area contributed by atoms with Crippen LogP contribution in [0, 0.1) is 5.92 Å². The van der Waals surface area contributed by atoms with Gasteiger partial charge in [-0.25, -0.2) is 0 Å². The second kappa shape index (κ2) is 10.3. The highest BCUT2D eigenvalue weighted by Crippen LogP contribution is 2.31. The summed E-state index contributed by atoms with van der Waals surface area (Å²) < 4.78 is 16.2. The first-order valence-corrected chi connectivity index (χ1v) is 10.4. The number of amides is 1. The van der Waals surface area contributed by atoms with Crippen LogP contribution in [-0.4, -0.2) is 43.5 Å². The number of hydrogen-bond donors (Lipinski definition) is 1. The van der Waals surface area contributed by atoms with Crippen LogP contribution in [0.2, 0.25) is 0 Å². The van der Waals surface area contributed by atoms with E-state index in [1.165, 1.54) is 6.42 Å². The van der Waals surface area contributed by atoms with Crippen LogP contribution in [0.15, 0.2) is 18.2 Å². The van der Waals surface area contributed by atoms with Crippen LogP contribution in [0.25, 0.3) is 0 Å². The number of benzene rings is 1. The van der Waals surface area contributed by atoms with Gasteiger partial charge in [0.25, 0.3) is 5.91 Å². The molecule has 2 atom stereocenters. The Labute approximate surface area is 171 Å². The molecule has 2 aliphatic rings. The maximum atomic E-state index is 12.4. The summed E-state index contributed by atoms with van der Waals surface area (Å²) in [6, 6.07) is 5.17. The molecule has 1 saturated carbocycles. The fourth-order valence-corrected chi connectivity index (χ4v) is 3.69. The molecule has 0 aromatic heterocycles. The summed E-state index contributed by atoms with van der Waals surface area (Å²) in [5, 5.41) is 2.94. The number of rotatable bonds is 7. The van der Waals surface area contributed by atoms with E-state index in [0.29, 0.717) is 36.2 Å². The van der Waals surface area contributed by atoms with E-state index in [0.717, 1.165) is 25.7 Å². The van der Waals surface area contributed by atoms with Gasteiger partial charge in [-0.3, -0.25) is 14.4 Å². The second-order valence-electron chi connectivity index (χ2n) is 7.73. The number of carbonyl (C=O) groups is 3. The molecule has 29 heavy (non-hydrogen) atoms. The van der Waals surface area contributed by atoms with Crippen molar-refractivity contribution in [2.24, 2.45) is 5.92 Å². The molecular formula is C22H29NO6. The van der Waals surface area contributed by atoms with Crippen LogP contribution >= 0.6 is 0 Å². The van der Waals surface area contributed by atoms with E-state index < -0.39 is 5.97 Å². The number of ketones is 1. The molecule has 7 heteroatoms. The molecule has 0 radical (unpaired) electrons. The van der Waals surface area contributed by atoms with E-state index >= 15 is 0 Å². The number of fused-ring (bicyclic) bond motifs is 1. The van der Waals surface area contributed by atoms with Crippen molar-refractivity contribution in [2.45, 2.75) is 57.9 Å². The quantitative estimate of drug-likeness (QED) is 0.556. The second-order valence-corrected chi connectivity index (χ2v) is 7.73. The van der Waals surface area contributed by atoms with Gasteiger partial charge < -0.3 is 19.5 Å². The molecule has 0 spiro atoms. The molecule has 7 nitrogen and oxygen atoms in total. The lowest BCUT2D eigenvalue weighted by molar-refractivity contribution is -0.148. The first kappa shape index (κ1) is 21.1. The molecule has 1 fully saturated rings. The third-order valence-electron chi connectivity index (χ3n) is 5.45. The van der Waals surface area contributed by atoms with Crippen molar-refractivity contribution < 1.29 is 28.6 Å². The van der Waals surface area contributed by atoms with Gasteiger partial charge in [0.1, 0.15) is 0 Å². The van der Waals surface area contributed by atoms with Crippen LogP contribution in [-0.2, 0) is 14.3 Å². The maximum absolute atomic E-state index is 12.4. The van der Waals surface area contributed by atoms with Gasteiger partial charge in [-0.1, -0.05) is 19.8 Å². The van der Waals surface area contributed by atoms with Gasteiger partial charge >= 0.3 is 5.97 Å². The van der Waals surface area contributed by atoms with Gasteiger partial charge in [-0.15, -0.1) is 0 Å². The number of nitrogens with one attached hydrogen (secondary N) is 1. The molecule has 1 aromatic rings. The Morgan fingerprint density at radius 2 is 1.79 bits per heavy atom. The lowest BCUT2D eigenvalue weighted by Gasteiger charge is -2.29. The zero-order chi connectivity index (χ0) is 20.6. The Bertz CT molecular complexity index is 747. The van der Waals surface area contributed by atoms with Crippen molar-refractivity contribution in [1.82, 2.24) is 5.32 Å². The van der Waals surface area contributed by atoms with Crippen molar-refractivity contribution in [3.63, 3.8) is 0 Å². The normalized spacial score (nSPS) is 21.0. The van der Waals surface area contributed by atoms with E-state index in [4.69, 9.17) is 14.2 Å². The van der Waals surface area contributed by atoms with E-state index in [2.05, 4.69) is 12.2 Å². The van der Waals surface area contributed by atoms with Crippen molar-refractivity contribution >= 4 is 17.7 Å². The first-order valence-electron chi connectivity index (χ1n) is 10.4. The predicted octanol–water partition coefficient (Wildman–Crippen LogP) is 3.05. The molecule has 0 bridgehead atoms. The number of hydrogen-bond acceptors (Lipinski definition) is 6. The number of ether oxygens (including phenoxy) is 3. The van der Waals surface area contributed by atoms with Crippen LogP contribution in [0.5, 0.6) is 11.5 Å². The van der Waals surface area contributed by atoms with Crippen LogP contribution < -0.4 is 14.8 Å². The van der Waals surface area contributed by atoms with Gasteiger partial charge in [-0.05, 0) is 37.0 Å². The highest BCUT2D eigenvalue weighted by Gasteiger charge is 2.23. The summed E-state index contributed by atoms with van der Waals surface area (Å²) in [5.41, 5.74) is 0.464. The lowest BCUT2D eigenvalue weighted by atomic mass is 9.86. The van der Waals surface area contributed by atoms with Gasteiger partial charge in [0.2, 0.25) is 0 Å². The molecule has 1 aliphatic carbocycles.